The van der Waals surface area contributed by atoms with Gasteiger partial charge in [-0.2, -0.15) is 0 Å². The molecular weight excluding hydrogens is 210 g/mol. The first-order chi connectivity index (χ1) is 7.33. The van der Waals surface area contributed by atoms with Crippen molar-refractivity contribution in [3.8, 4) is 5.69 Å². The SMILES string of the molecule is Cc1cs/c(=N\N=O)n1-c1ccccc1. The first kappa shape index (κ1) is 9.79. The topological polar surface area (TPSA) is 46.7 Å². The van der Waals surface area contributed by atoms with Crippen LogP contribution in [0.2, 0.25) is 0 Å². The van der Waals surface area contributed by atoms with Crippen molar-refractivity contribution in [1.29, 1.82) is 0 Å². The van der Waals surface area contributed by atoms with Gasteiger partial charge in [-0.1, -0.05) is 23.3 Å². The summed E-state index contributed by atoms with van der Waals surface area (Å²) in [5, 5.41) is 8.07. The van der Waals surface area contributed by atoms with Crippen molar-refractivity contribution >= 4 is 11.3 Å². The van der Waals surface area contributed by atoms with Gasteiger partial charge in [0.05, 0.1) is 5.29 Å². The molecule has 0 radical (unpaired) electrons. The number of hydrogen-bond donors (Lipinski definition) is 0. The zero-order chi connectivity index (χ0) is 10.7. The maximum absolute atomic E-state index is 10.1. The number of hydrogen-bond acceptors (Lipinski definition) is 3. The molecule has 0 amide bonds. The van der Waals surface area contributed by atoms with Crippen molar-refractivity contribution in [3.05, 3.63) is 51.1 Å². The largest absolute Gasteiger partial charge is 0.288 e. The molecule has 15 heavy (non-hydrogen) atoms. The van der Waals surface area contributed by atoms with Crippen LogP contribution < -0.4 is 4.80 Å². The maximum Gasteiger partial charge on any atom is 0.218 e. The van der Waals surface area contributed by atoms with Gasteiger partial charge in [-0.05, 0) is 19.1 Å². The van der Waals surface area contributed by atoms with Gasteiger partial charge in [0, 0.05) is 16.8 Å². The van der Waals surface area contributed by atoms with Crippen molar-refractivity contribution in [2.24, 2.45) is 10.4 Å². The number of benzene rings is 1. The van der Waals surface area contributed by atoms with Crippen LogP contribution in [-0.2, 0) is 0 Å². The van der Waals surface area contributed by atoms with Crippen LogP contribution in [0.3, 0.4) is 0 Å². The number of aromatic nitrogens is 1. The minimum atomic E-state index is 0.591. The Morgan fingerprint density at radius 1 is 1.27 bits per heavy atom. The molecule has 76 valence electrons. The Kier molecular flexibility index (Phi) is 2.73. The van der Waals surface area contributed by atoms with E-state index in [4.69, 9.17) is 0 Å². The molecule has 5 heteroatoms. The minimum absolute atomic E-state index is 0.591. The third kappa shape index (κ3) is 1.87. The Morgan fingerprint density at radius 2 is 2.00 bits per heavy atom. The van der Waals surface area contributed by atoms with E-state index in [0.29, 0.717) is 4.80 Å². The van der Waals surface area contributed by atoms with Gasteiger partial charge in [-0.15, -0.1) is 16.2 Å². The van der Waals surface area contributed by atoms with Crippen molar-refractivity contribution in [2.75, 3.05) is 0 Å². The molecule has 4 nitrogen and oxygen atoms in total. The average Bonchev–Trinajstić information content (AvgIpc) is 2.62. The molecule has 0 saturated carbocycles. The molecule has 0 aliphatic carbocycles. The van der Waals surface area contributed by atoms with E-state index in [9.17, 15) is 4.91 Å². The summed E-state index contributed by atoms with van der Waals surface area (Å²) in [6, 6.07) is 9.75. The molecule has 0 unspecified atom stereocenters. The molecule has 2 rings (SSSR count). The second-order valence-corrected chi connectivity index (χ2v) is 3.85. The Morgan fingerprint density at radius 3 is 2.67 bits per heavy atom. The Bertz CT molecular complexity index is 527. The number of thiazole rings is 1. The fraction of sp³-hybridized carbons (Fsp3) is 0.100. The van der Waals surface area contributed by atoms with Gasteiger partial charge < -0.3 is 0 Å². The molecule has 0 fully saturated rings. The zero-order valence-corrected chi connectivity index (χ0v) is 8.94. The van der Waals surface area contributed by atoms with Crippen LogP contribution in [0.15, 0.2) is 46.1 Å². The van der Waals surface area contributed by atoms with Crippen LogP contribution >= 0.6 is 11.3 Å². The standard InChI is InChI=1S/C10H9N3OS/c1-8-7-15-10(11-12-14)13(8)9-5-3-2-4-6-9/h2-7H,1H3/b11-10-. The molecular formula is C10H9N3OS. The predicted molar refractivity (Wildman–Crippen MR) is 59.7 cm³/mol. The third-order valence-electron chi connectivity index (χ3n) is 2.02. The number of aryl methyl sites for hydroxylation is 1. The second-order valence-electron chi connectivity index (χ2n) is 3.01. The van der Waals surface area contributed by atoms with E-state index in [1.165, 1.54) is 11.3 Å². The molecule has 0 saturated heterocycles. The van der Waals surface area contributed by atoms with Crippen LogP contribution in [0, 0.1) is 11.8 Å². The Hall–Kier alpha value is -1.75. The lowest BCUT2D eigenvalue weighted by atomic mass is 10.3. The highest BCUT2D eigenvalue weighted by molar-refractivity contribution is 7.07. The summed E-state index contributed by atoms with van der Waals surface area (Å²) in [7, 11) is 0. The number of rotatable bonds is 2. The minimum Gasteiger partial charge on any atom is -0.288 e. The molecule has 0 bridgehead atoms. The molecule has 0 atom stereocenters. The summed E-state index contributed by atoms with van der Waals surface area (Å²) in [5.41, 5.74) is 2.02. The highest BCUT2D eigenvalue weighted by Crippen LogP contribution is 2.09. The van der Waals surface area contributed by atoms with Gasteiger partial charge in [-0.3, -0.25) is 4.57 Å². The molecule has 1 aromatic carbocycles. The third-order valence-corrected chi connectivity index (χ3v) is 2.95. The maximum atomic E-state index is 10.1. The Labute approximate surface area is 90.5 Å². The molecule has 0 N–H and O–H groups in total. The van der Waals surface area contributed by atoms with Crippen molar-refractivity contribution < 1.29 is 0 Å². The van der Waals surface area contributed by atoms with Crippen molar-refractivity contribution in [3.63, 3.8) is 0 Å². The molecule has 2 aromatic rings. The van der Waals surface area contributed by atoms with Crippen LogP contribution in [0.4, 0.5) is 0 Å². The van der Waals surface area contributed by atoms with Gasteiger partial charge in [0.25, 0.3) is 0 Å². The van der Waals surface area contributed by atoms with Crippen molar-refractivity contribution in [1.82, 2.24) is 4.57 Å². The van der Waals surface area contributed by atoms with Crippen LogP contribution in [0.5, 0.6) is 0 Å². The lowest BCUT2D eigenvalue weighted by Gasteiger charge is -2.03. The number of nitroso groups, excluding NO2 is 1. The molecule has 1 aromatic heterocycles. The van der Waals surface area contributed by atoms with Gasteiger partial charge >= 0.3 is 0 Å². The van der Waals surface area contributed by atoms with E-state index in [0.717, 1.165) is 11.4 Å². The van der Waals surface area contributed by atoms with Gasteiger partial charge in [-0.25, -0.2) is 0 Å². The van der Waals surface area contributed by atoms with E-state index in [1.54, 1.807) is 0 Å². The van der Waals surface area contributed by atoms with E-state index in [-0.39, 0.29) is 0 Å². The summed E-state index contributed by atoms with van der Waals surface area (Å²) in [6.07, 6.45) is 0. The Balaban J connectivity index is 2.67. The van der Waals surface area contributed by atoms with Crippen molar-refractivity contribution in [2.45, 2.75) is 6.92 Å². The van der Waals surface area contributed by atoms with Gasteiger partial charge in [0.15, 0.2) is 0 Å². The zero-order valence-electron chi connectivity index (χ0n) is 8.12. The van der Waals surface area contributed by atoms with Gasteiger partial charge in [0.2, 0.25) is 4.80 Å². The normalized spacial score (nSPS) is 11.7. The van der Waals surface area contributed by atoms with Crippen LogP contribution in [0.25, 0.3) is 5.69 Å². The second kappa shape index (κ2) is 4.18. The fourth-order valence-corrected chi connectivity index (χ4v) is 2.21. The quantitative estimate of drug-likeness (QED) is 0.565. The molecule has 0 spiro atoms. The van der Waals surface area contributed by atoms with Crippen LogP contribution in [0.1, 0.15) is 5.69 Å². The highest BCUT2D eigenvalue weighted by atomic mass is 32.1. The summed E-state index contributed by atoms with van der Waals surface area (Å²) in [5.74, 6) is 0. The van der Waals surface area contributed by atoms with Crippen LogP contribution in [-0.4, -0.2) is 4.57 Å². The summed E-state index contributed by atoms with van der Waals surface area (Å²) >= 11 is 1.40. The number of para-hydroxylation sites is 1. The van der Waals surface area contributed by atoms with Gasteiger partial charge in [0.1, 0.15) is 0 Å². The molecule has 0 aliphatic rings. The lowest BCUT2D eigenvalue weighted by Crippen LogP contribution is -2.13. The fourth-order valence-electron chi connectivity index (χ4n) is 1.39. The lowest BCUT2D eigenvalue weighted by molar-refractivity contribution is 0.923. The molecule has 1 heterocycles. The highest BCUT2D eigenvalue weighted by Gasteiger charge is 2.02. The first-order valence-corrected chi connectivity index (χ1v) is 5.30. The first-order valence-electron chi connectivity index (χ1n) is 4.42. The van der Waals surface area contributed by atoms with E-state index in [1.807, 2.05) is 47.2 Å². The average molecular weight is 219 g/mol. The van der Waals surface area contributed by atoms with E-state index < -0.39 is 0 Å². The monoisotopic (exact) mass is 219 g/mol. The summed E-state index contributed by atoms with van der Waals surface area (Å²) in [6.45, 7) is 1.97. The summed E-state index contributed by atoms with van der Waals surface area (Å²) in [4.78, 5) is 10.7. The predicted octanol–water partition coefficient (Wildman–Crippen LogP) is 2.43. The molecule has 0 aliphatic heterocycles. The summed E-state index contributed by atoms with van der Waals surface area (Å²) < 4.78 is 1.89. The van der Waals surface area contributed by atoms with E-state index in [2.05, 4.69) is 10.4 Å². The number of nitrogens with zero attached hydrogens (tertiary/aromatic N) is 3. The van der Waals surface area contributed by atoms with E-state index >= 15 is 0 Å². The smallest absolute Gasteiger partial charge is 0.218 e.